The monoisotopic (exact) mass is 296 g/mol. The number of para-hydroxylation sites is 1. The first-order valence-electron chi connectivity index (χ1n) is 7.44. The first-order chi connectivity index (χ1) is 10.8. The number of carbonyl (C=O) groups is 1. The van der Waals surface area contributed by atoms with E-state index in [1.54, 1.807) is 30.5 Å². The third kappa shape index (κ3) is 2.50. The van der Waals surface area contributed by atoms with E-state index < -0.39 is 0 Å². The summed E-state index contributed by atoms with van der Waals surface area (Å²) in [6, 6.07) is 7.27. The Labute approximate surface area is 128 Å². The highest BCUT2D eigenvalue weighted by Gasteiger charge is 2.23. The van der Waals surface area contributed by atoms with E-state index in [-0.39, 0.29) is 12.6 Å². The molecule has 0 amide bonds. The minimum Gasteiger partial charge on any atom is -0.454 e. The van der Waals surface area contributed by atoms with E-state index in [4.69, 9.17) is 9.47 Å². The van der Waals surface area contributed by atoms with Crippen molar-refractivity contribution in [2.24, 2.45) is 5.92 Å². The van der Waals surface area contributed by atoms with Crippen molar-refractivity contribution in [1.82, 2.24) is 9.78 Å². The molecule has 1 saturated carbocycles. The van der Waals surface area contributed by atoms with Gasteiger partial charge in [-0.1, -0.05) is 6.07 Å². The number of rotatable bonds is 5. The SMILES string of the molecule is O=C(C=Cc1ccnn1CC1CC1)c1cccc2c1OCO2. The lowest BCUT2D eigenvalue weighted by atomic mass is 10.1. The lowest BCUT2D eigenvalue weighted by Crippen LogP contribution is -2.04. The molecule has 1 aliphatic heterocycles. The molecule has 0 radical (unpaired) electrons. The van der Waals surface area contributed by atoms with Crippen LogP contribution in [0.15, 0.2) is 36.5 Å². The Hall–Kier alpha value is -2.56. The predicted octanol–water partition coefficient (Wildman–Crippen LogP) is 2.92. The molecule has 2 aromatic rings. The molecule has 22 heavy (non-hydrogen) atoms. The van der Waals surface area contributed by atoms with Crippen LogP contribution in [0, 0.1) is 5.92 Å². The second-order valence-corrected chi connectivity index (χ2v) is 5.62. The number of ketones is 1. The number of fused-ring (bicyclic) bond motifs is 1. The number of allylic oxidation sites excluding steroid dienone is 1. The van der Waals surface area contributed by atoms with Crippen molar-refractivity contribution in [2.75, 3.05) is 6.79 Å². The fourth-order valence-electron chi connectivity index (χ4n) is 2.56. The number of hydrogen-bond donors (Lipinski definition) is 0. The average Bonchev–Trinajstić information content (AvgIpc) is 3.03. The van der Waals surface area contributed by atoms with E-state index in [1.807, 2.05) is 16.8 Å². The molecule has 2 heterocycles. The van der Waals surface area contributed by atoms with Gasteiger partial charge >= 0.3 is 0 Å². The molecule has 1 aromatic carbocycles. The topological polar surface area (TPSA) is 53.4 Å². The zero-order valence-corrected chi connectivity index (χ0v) is 12.1. The maximum Gasteiger partial charge on any atom is 0.231 e. The molecule has 2 aliphatic rings. The summed E-state index contributed by atoms with van der Waals surface area (Å²) in [6.07, 6.45) is 7.69. The molecule has 0 atom stereocenters. The summed E-state index contributed by atoms with van der Waals surface area (Å²) in [4.78, 5) is 12.4. The number of hydrogen-bond acceptors (Lipinski definition) is 4. The molecule has 1 aromatic heterocycles. The van der Waals surface area contributed by atoms with Gasteiger partial charge in [-0.15, -0.1) is 0 Å². The molecule has 0 N–H and O–H groups in total. The Bertz CT molecular complexity index is 744. The van der Waals surface area contributed by atoms with Gasteiger partial charge < -0.3 is 9.47 Å². The average molecular weight is 296 g/mol. The van der Waals surface area contributed by atoms with E-state index in [0.29, 0.717) is 17.1 Å². The van der Waals surface area contributed by atoms with Crippen LogP contribution < -0.4 is 9.47 Å². The third-order valence-corrected chi connectivity index (χ3v) is 3.94. The van der Waals surface area contributed by atoms with E-state index in [2.05, 4.69) is 5.10 Å². The fourth-order valence-corrected chi connectivity index (χ4v) is 2.56. The second kappa shape index (κ2) is 5.33. The fraction of sp³-hybridized carbons (Fsp3) is 0.294. The first-order valence-corrected chi connectivity index (χ1v) is 7.44. The van der Waals surface area contributed by atoms with Gasteiger partial charge in [0.1, 0.15) is 0 Å². The van der Waals surface area contributed by atoms with Crippen LogP contribution in [0.2, 0.25) is 0 Å². The van der Waals surface area contributed by atoms with Crippen LogP contribution in [0.5, 0.6) is 11.5 Å². The maximum atomic E-state index is 12.4. The van der Waals surface area contributed by atoms with Crippen LogP contribution in [-0.2, 0) is 6.54 Å². The quantitative estimate of drug-likeness (QED) is 0.629. The minimum absolute atomic E-state index is 0.0958. The summed E-state index contributed by atoms with van der Waals surface area (Å²) < 4.78 is 12.6. The molecule has 0 saturated heterocycles. The first kappa shape index (κ1) is 13.1. The van der Waals surface area contributed by atoms with Crippen molar-refractivity contribution in [2.45, 2.75) is 19.4 Å². The van der Waals surface area contributed by atoms with Gasteiger partial charge in [0.15, 0.2) is 17.3 Å². The number of ether oxygens (including phenoxy) is 2. The second-order valence-electron chi connectivity index (χ2n) is 5.62. The zero-order chi connectivity index (χ0) is 14.9. The van der Waals surface area contributed by atoms with E-state index in [9.17, 15) is 4.79 Å². The lowest BCUT2D eigenvalue weighted by Gasteiger charge is -2.03. The number of nitrogens with zero attached hydrogens (tertiary/aromatic N) is 2. The summed E-state index contributed by atoms with van der Waals surface area (Å²) in [5, 5.41) is 4.31. The Morgan fingerprint density at radius 1 is 1.32 bits per heavy atom. The summed E-state index contributed by atoms with van der Waals surface area (Å²) in [5.74, 6) is 1.80. The smallest absolute Gasteiger partial charge is 0.231 e. The number of benzene rings is 1. The van der Waals surface area contributed by atoms with Gasteiger partial charge in [-0.05, 0) is 49.1 Å². The Kier molecular flexibility index (Phi) is 3.18. The standard InChI is InChI=1S/C17H16N2O3/c20-15(14-2-1-3-16-17(14)22-11-21-16)7-6-13-8-9-18-19(13)10-12-4-5-12/h1-3,6-9,12H,4-5,10-11H2. The van der Waals surface area contributed by atoms with Gasteiger partial charge in [-0.25, -0.2) is 0 Å². The third-order valence-electron chi connectivity index (χ3n) is 3.94. The minimum atomic E-state index is -0.0958. The molecule has 112 valence electrons. The molecule has 1 aliphatic carbocycles. The molecule has 5 heteroatoms. The molecule has 1 fully saturated rings. The molecule has 0 unspecified atom stereocenters. The van der Waals surface area contributed by atoms with Crippen molar-refractivity contribution < 1.29 is 14.3 Å². The summed E-state index contributed by atoms with van der Waals surface area (Å²) in [7, 11) is 0. The summed E-state index contributed by atoms with van der Waals surface area (Å²) in [5.41, 5.74) is 1.48. The molecule has 4 rings (SSSR count). The predicted molar refractivity (Wildman–Crippen MR) is 80.9 cm³/mol. The lowest BCUT2D eigenvalue weighted by molar-refractivity contribution is 0.104. The molecular weight excluding hydrogens is 280 g/mol. The van der Waals surface area contributed by atoms with E-state index in [0.717, 1.165) is 18.2 Å². The molecule has 0 spiro atoms. The zero-order valence-electron chi connectivity index (χ0n) is 12.1. The van der Waals surface area contributed by atoms with Crippen LogP contribution in [0.4, 0.5) is 0 Å². The summed E-state index contributed by atoms with van der Waals surface area (Å²) in [6.45, 7) is 1.09. The van der Waals surface area contributed by atoms with Gasteiger partial charge in [0.2, 0.25) is 6.79 Å². The van der Waals surface area contributed by atoms with Gasteiger partial charge in [-0.3, -0.25) is 9.48 Å². The van der Waals surface area contributed by atoms with Gasteiger partial charge in [0, 0.05) is 12.7 Å². The maximum absolute atomic E-state index is 12.4. The highest BCUT2D eigenvalue weighted by Crippen LogP contribution is 2.35. The molecular formula is C17H16N2O3. The normalized spacial score (nSPS) is 16.4. The van der Waals surface area contributed by atoms with Gasteiger partial charge in [0.25, 0.3) is 0 Å². The number of aromatic nitrogens is 2. The van der Waals surface area contributed by atoms with Crippen LogP contribution in [0.1, 0.15) is 28.9 Å². The van der Waals surface area contributed by atoms with E-state index >= 15 is 0 Å². The summed E-state index contributed by atoms with van der Waals surface area (Å²) >= 11 is 0. The van der Waals surface area contributed by atoms with Crippen molar-refractivity contribution in [3.63, 3.8) is 0 Å². The van der Waals surface area contributed by atoms with Crippen LogP contribution in [0.25, 0.3) is 6.08 Å². The van der Waals surface area contributed by atoms with Crippen LogP contribution in [0.3, 0.4) is 0 Å². The van der Waals surface area contributed by atoms with Crippen LogP contribution in [-0.4, -0.2) is 22.4 Å². The Balaban J connectivity index is 1.54. The molecule has 0 bridgehead atoms. The van der Waals surface area contributed by atoms with E-state index in [1.165, 1.54) is 12.8 Å². The van der Waals surface area contributed by atoms with Crippen molar-refractivity contribution in [3.05, 3.63) is 47.8 Å². The molecule has 5 nitrogen and oxygen atoms in total. The van der Waals surface area contributed by atoms with Gasteiger partial charge in [-0.2, -0.15) is 5.10 Å². The van der Waals surface area contributed by atoms with Crippen molar-refractivity contribution in [1.29, 1.82) is 0 Å². The highest BCUT2D eigenvalue weighted by atomic mass is 16.7. The van der Waals surface area contributed by atoms with Crippen molar-refractivity contribution in [3.8, 4) is 11.5 Å². The largest absolute Gasteiger partial charge is 0.454 e. The Morgan fingerprint density at radius 2 is 2.23 bits per heavy atom. The van der Waals surface area contributed by atoms with Gasteiger partial charge in [0.05, 0.1) is 11.3 Å². The van der Waals surface area contributed by atoms with Crippen LogP contribution >= 0.6 is 0 Å². The highest BCUT2D eigenvalue weighted by molar-refractivity contribution is 6.09. The Morgan fingerprint density at radius 3 is 3.09 bits per heavy atom. The van der Waals surface area contributed by atoms with Crippen molar-refractivity contribution >= 4 is 11.9 Å². The number of carbonyl (C=O) groups excluding carboxylic acids is 1.